The van der Waals surface area contributed by atoms with Crippen LogP contribution in [0.15, 0.2) is 28.7 Å². The number of rotatable bonds is 6. The van der Waals surface area contributed by atoms with Gasteiger partial charge in [-0.05, 0) is 56.0 Å². The molecule has 1 aromatic rings. The molecule has 5 heteroatoms. The van der Waals surface area contributed by atoms with Gasteiger partial charge in [0.15, 0.2) is 0 Å². The molecule has 3 nitrogen and oxygen atoms in total. The molecule has 1 aliphatic rings. The number of carbonyl (C=O) groups is 1. The summed E-state index contributed by atoms with van der Waals surface area (Å²) in [5.41, 5.74) is 1.27. The van der Waals surface area contributed by atoms with Crippen LogP contribution in [0.25, 0.3) is 0 Å². The Hall–Kier alpha value is -0.580. The Labute approximate surface area is 142 Å². The standard InChI is InChI=1S/C16H23BrN2O.ClH/c1-19(11-9-13-2-5-15(17)6-3-13)16(20)7-4-14-8-10-18-12-14;/h2-3,5-6,14,18H,4,7-12H2,1H3;1H. The highest BCUT2D eigenvalue weighted by atomic mass is 79.9. The number of carbonyl (C=O) groups excluding carboxylic acids is 1. The lowest BCUT2D eigenvalue weighted by Gasteiger charge is -2.18. The number of nitrogens with one attached hydrogen (secondary N) is 1. The minimum Gasteiger partial charge on any atom is -0.345 e. The van der Waals surface area contributed by atoms with E-state index in [-0.39, 0.29) is 18.3 Å². The third-order valence-electron chi connectivity index (χ3n) is 4.00. The van der Waals surface area contributed by atoms with Crippen LogP contribution in [-0.4, -0.2) is 37.5 Å². The Balaban J connectivity index is 0.00000220. The highest BCUT2D eigenvalue weighted by molar-refractivity contribution is 9.10. The Kier molecular flexibility index (Phi) is 8.30. The molecule has 1 atom stereocenters. The zero-order valence-electron chi connectivity index (χ0n) is 12.5. The van der Waals surface area contributed by atoms with Gasteiger partial charge >= 0.3 is 0 Å². The van der Waals surface area contributed by atoms with Crippen LogP contribution in [0.1, 0.15) is 24.8 Å². The second-order valence-corrected chi connectivity index (χ2v) is 6.50. The van der Waals surface area contributed by atoms with Crippen LogP contribution in [0.4, 0.5) is 0 Å². The van der Waals surface area contributed by atoms with Crippen molar-refractivity contribution in [3.05, 3.63) is 34.3 Å². The molecule has 0 radical (unpaired) electrons. The van der Waals surface area contributed by atoms with Gasteiger partial charge in [-0.3, -0.25) is 4.79 Å². The molecule has 2 rings (SSSR count). The first-order chi connectivity index (χ1) is 9.65. The lowest BCUT2D eigenvalue weighted by Crippen LogP contribution is -2.29. The SMILES string of the molecule is CN(CCc1ccc(Br)cc1)C(=O)CCC1CCNC1.Cl. The first-order valence-electron chi connectivity index (χ1n) is 7.34. The van der Waals surface area contributed by atoms with Crippen molar-refractivity contribution < 1.29 is 4.79 Å². The van der Waals surface area contributed by atoms with Crippen LogP contribution in [0.2, 0.25) is 0 Å². The van der Waals surface area contributed by atoms with Crippen molar-refractivity contribution >= 4 is 34.2 Å². The smallest absolute Gasteiger partial charge is 0.222 e. The number of halogens is 2. The van der Waals surface area contributed by atoms with E-state index in [1.54, 1.807) is 0 Å². The van der Waals surface area contributed by atoms with E-state index >= 15 is 0 Å². The van der Waals surface area contributed by atoms with Gasteiger partial charge in [-0.25, -0.2) is 0 Å². The van der Waals surface area contributed by atoms with Crippen LogP contribution >= 0.6 is 28.3 Å². The molecule has 0 saturated carbocycles. The van der Waals surface area contributed by atoms with Crippen LogP contribution in [-0.2, 0) is 11.2 Å². The molecule has 1 amide bonds. The van der Waals surface area contributed by atoms with Gasteiger partial charge in [-0.15, -0.1) is 12.4 Å². The largest absolute Gasteiger partial charge is 0.345 e. The highest BCUT2D eigenvalue weighted by Crippen LogP contribution is 2.15. The molecule has 1 aromatic carbocycles. The van der Waals surface area contributed by atoms with E-state index in [0.717, 1.165) is 36.9 Å². The molecule has 1 unspecified atom stereocenters. The van der Waals surface area contributed by atoms with Crippen LogP contribution in [0, 0.1) is 5.92 Å². The van der Waals surface area contributed by atoms with Gasteiger partial charge in [0.05, 0.1) is 0 Å². The first kappa shape index (κ1) is 18.5. The summed E-state index contributed by atoms with van der Waals surface area (Å²) < 4.78 is 1.09. The van der Waals surface area contributed by atoms with Gasteiger partial charge in [-0.2, -0.15) is 0 Å². The third kappa shape index (κ3) is 6.37. The molecule has 0 spiro atoms. The van der Waals surface area contributed by atoms with Gasteiger partial charge in [0, 0.05) is 24.5 Å². The number of hydrogen-bond acceptors (Lipinski definition) is 2. The lowest BCUT2D eigenvalue weighted by atomic mass is 10.0. The van der Waals surface area contributed by atoms with Gasteiger partial charge in [0.1, 0.15) is 0 Å². The Morgan fingerprint density at radius 2 is 2.10 bits per heavy atom. The van der Waals surface area contributed by atoms with E-state index in [4.69, 9.17) is 0 Å². The summed E-state index contributed by atoms with van der Waals surface area (Å²) in [5, 5.41) is 3.35. The highest BCUT2D eigenvalue weighted by Gasteiger charge is 2.17. The van der Waals surface area contributed by atoms with E-state index in [0.29, 0.717) is 12.3 Å². The Bertz CT molecular complexity index is 432. The second kappa shape index (κ2) is 9.44. The van der Waals surface area contributed by atoms with E-state index in [1.807, 2.05) is 24.1 Å². The van der Waals surface area contributed by atoms with Crippen molar-refractivity contribution in [2.45, 2.75) is 25.7 Å². The maximum absolute atomic E-state index is 12.1. The number of nitrogens with zero attached hydrogens (tertiary/aromatic N) is 1. The van der Waals surface area contributed by atoms with Gasteiger partial charge in [0.25, 0.3) is 0 Å². The normalized spacial score (nSPS) is 17.3. The van der Waals surface area contributed by atoms with Crippen molar-refractivity contribution in [3.8, 4) is 0 Å². The number of amides is 1. The van der Waals surface area contributed by atoms with Crippen molar-refractivity contribution in [2.75, 3.05) is 26.7 Å². The zero-order valence-corrected chi connectivity index (χ0v) is 14.9. The number of hydrogen-bond donors (Lipinski definition) is 1. The summed E-state index contributed by atoms with van der Waals surface area (Å²) in [4.78, 5) is 13.9. The van der Waals surface area contributed by atoms with Crippen molar-refractivity contribution in [2.24, 2.45) is 5.92 Å². The molecule has 118 valence electrons. The van der Waals surface area contributed by atoms with Gasteiger partial charge in [-0.1, -0.05) is 28.1 Å². The molecule has 0 aliphatic carbocycles. The quantitative estimate of drug-likeness (QED) is 0.827. The maximum Gasteiger partial charge on any atom is 0.222 e. The molecule has 1 heterocycles. The summed E-state index contributed by atoms with van der Waals surface area (Å²) in [7, 11) is 1.91. The monoisotopic (exact) mass is 374 g/mol. The number of likely N-dealkylation sites (N-methyl/N-ethyl adjacent to an activating group) is 1. The summed E-state index contributed by atoms with van der Waals surface area (Å²) in [6.07, 6.45) is 3.84. The first-order valence-corrected chi connectivity index (χ1v) is 8.13. The fraction of sp³-hybridized carbons (Fsp3) is 0.562. The van der Waals surface area contributed by atoms with Gasteiger partial charge in [0.2, 0.25) is 5.91 Å². The molecule has 1 fully saturated rings. The maximum atomic E-state index is 12.1. The molecule has 1 N–H and O–H groups in total. The summed E-state index contributed by atoms with van der Waals surface area (Å²) in [5.74, 6) is 0.966. The van der Waals surface area contributed by atoms with Gasteiger partial charge < -0.3 is 10.2 Å². The van der Waals surface area contributed by atoms with E-state index in [1.165, 1.54) is 12.0 Å². The van der Waals surface area contributed by atoms with E-state index < -0.39 is 0 Å². The second-order valence-electron chi connectivity index (χ2n) is 5.59. The molecular weight excluding hydrogens is 352 g/mol. The predicted octanol–water partition coefficient (Wildman–Crippen LogP) is 3.26. The average Bonchev–Trinajstić information content (AvgIpc) is 2.97. The van der Waals surface area contributed by atoms with E-state index in [2.05, 4.69) is 33.4 Å². The van der Waals surface area contributed by atoms with Crippen LogP contribution in [0.5, 0.6) is 0 Å². The molecule has 1 saturated heterocycles. The van der Waals surface area contributed by atoms with Crippen molar-refractivity contribution in [3.63, 3.8) is 0 Å². The molecule has 0 bridgehead atoms. The summed E-state index contributed by atoms with van der Waals surface area (Å²) >= 11 is 3.43. The predicted molar refractivity (Wildman–Crippen MR) is 92.9 cm³/mol. The summed E-state index contributed by atoms with van der Waals surface area (Å²) in [6.45, 7) is 2.98. The Morgan fingerprint density at radius 1 is 1.38 bits per heavy atom. The fourth-order valence-electron chi connectivity index (χ4n) is 2.55. The molecular formula is C16H24BrClN2O. The molecule has 0 aromatic heterocycles. The van der Waals surface area contributed by atoms with Crippen LogP contribution < -0.4 is 5.32 Å². The topological polar surface area (TPSA) is 32.3 Å². The Morgan fingerprint density at radius 3 is 2.71 bits per heavy atom. The van der Waals surface area contributed by atoms with Crippen molar-refractivity contribution in [1.82, 2.24) is 10.2 Å². The lowest BCUT2D eigenvalue weighted by molar-refractivity contribution is -0.130. The minimum absolute atomic E-state index is 0. The fourth-order valence-corrected chi connectivity index (χ4v) is 2.82. The number of benzene rings is 1. The molecule has 21 heavy (non-hydrogen) atoms. The van der Waals surface area contributed by atoms with Crippen molar-refractivity contribution in [1.29, 1.82) is 0 Å². The van der Waals surface area contributed by atoms with Crippen LogP contribution in [0.3, 0.4) is 0 Å². The third-order valence-corrected chi connectivity index (χ3v) is 4.53. The average molecular weight is 376 g/mol. The van der Waals surface area contributed by atoms with E-state index in [9.17, 15) is 4.79 Å². The zero-order chi connectivity index (χ0) is 14.4. The molecule has 1 aliphatic heterocycles. The summed E-state index contributed by atoms with van der Waals surface area (Å²) in [6, 6.07) is 8.30. The minimum atomic E-state index is 0.